The van der Waals surface area contributed by atoms with Gasteiger partial charge in [-0.3, -0.25) is 0 Å². The maximum Gasteiger partial charge on any atom is 0.139 e. The second-order valence-electron chi connectivity index (χ2n) is 4.00. The predicted octanol–water partition coefficient (Wildman–Crippen LogP) is 3.32. The predicted molar refractivity (Wildman–Crippen MR) is 70.0 cm³/mol. The molecule has 0 bridgehead atoms. The molecule has 1 heterocycles. The van der Waals surface area contributed by atoms with Crippen molar-refractivity contribution in [2.24, 2.45) is 5.41 Å². The first kappa shape index (κ1) is 12.0. The number of nitrogens with zero attached hydrogens (tertiary/aromatic N) is 1. The van der Waals surface area contributed by atoms with Crippen LogP contribution < -0.4 is 5.32 Å². The SMILES string of the molecule is CC1(CNc2ncccc2I)CC1.Cl. The van der Waals surface area contributed by atoms with Crippen LogP contribution in [0.15, 0.2) is 18.3 Å². The Labute approximate surface area is 104 Å². The average Bonchev–Trinajstić information content (AvgIpc) is 2.83. The van der Waals surface area contributed by atoms with Crippen LogP contribution in [0, 0.1) is 8.99 Å². The third-order valence-corrected chi connectivity index (χ3v) is 3.42. The highest BCUT2D eigenvalue weighted by atomic mass is 127. The first-order valence-corrected chi connectivity index (χ1v) is 5.62. The third-order valence-electron chi connectivity index (χ3n) is 2.54. The maximum absolute atomic E-state index is 4.29. The van der Waals surface area contributed by atoms with Crippen molar-refractivity contribution >= 4 is 40.8 Å². The van der Waals surface area contributed by atoms with Crippen LogP contribution in [0.4, 0.5) is 5.82 Å². The van der Waals surface area contributed by atoms with Crippen molar-refractivity contribution in [2.45, 2.75) is 19.8 Å². The number of halogens is 2. The normalized spacial score (nSPS) is 17.0. The van der Waals surface area contributed by atoms with Gasteiger partial charge in [0.05, 0.1) is 3.57 Å². The lowest BCUT2D eigenvalue weighted by Gasteiger charge is -2.11. The van der Waals surface area contributed by atoms with E-state index in [9.17, 15) is 0 Å². The molecule has 4 heteroatoms. The molecule has 1 N–H and O–H groups in total. The van der Waals surface area contributed by atoms with Crippen LogP contribution in [0.5, 0.6) is 0 Å². The maximum atomic E-state index is 4.29. The van der Waals surface area contributed by atoms with E-state index in [2.05, 4.69) is 45.9 Å². The number of rotatable bonds is 3. The molecule has 2 nitrogen and oxygen atoms in total. The summed E-state index contributed by atoms with van der Waals surface area (Å²) in [6.07, 6.45) is 4.53. The summed E-state index contributed by atoms with van der Waals surface area (Å²) in [5.74, 6) is 1.02. The van der Waals surface area contributed by atoms with E-state index >= 15 is 0 Å². The second-order valence-corrected chi connectivity index (χ2v) is 5.16. The Hall–Kier alpha value is -0.0300. The Morgan fingerprint density at radius 2 is 2.29 bits per heavy atom. The third kappa shape index (κ3) is 2.98. The van der Waals surface area contributed by atoms with Crippen LogP contribution >= 0.6 is 35.0 Å². The fourth-order valence-electron chi connectivity index (χ4n) is 1.20. The van der Waals surface area contributed by atoms with E-state index in [4.69, 9.17) is 0 Å². The standard InChI is InChI=1S/C10H13IN2.ClH/c1-10(4-5-10)7-13-9-8(11)3-2-6-12-9;/h2-3,6H,4-5,7H2,1H3,(H,12,13);1H. The van der Waals surface area contributed by atoms with Crippen molar-refractivity contribution in [3.8, 4) is 0 Å². The summed E-state index contributed by atoms with van der Waals surface area (Å²) in [4.78, 5) is 4.29. The lowest BCUT2D eigenvalue weighted by molar-refractivity contribution is 0.609. The van der Waals surface area contributed by atoms with E-state index in [1.165, 1.54) is 16.4 Å². The van der Waals surface area contributed by atoms with Gasteiger partial charge in [0, 0.05) is 12.7 Å². The van der Waals surface area contributed by atoms with Crippen molar-refractivity contribution in [2.75, 3.05) is 11.9 Å². The molecule has 1 aromatic rings. The van der Waals surface area contributed by atoms with Gasteiger partial charge in [-0.15, -0.1) is 12.4 Å². The van der Waals surface area contributed by atoms with Crippen molar-refractivity contribution in [1.82, 2.24) is 4.98 Å². The van der Waals surface area contributed by atoms with Gasteiger partial charge in [-0.2, -0.15) is 0 Å². The Balaban J connectivity index is 0.000000980. The highest BCUT2D eigenvalue weighted by Crippen LogP contribution is 2.44. The molecular formula is C10H14ClIN2. The minimum absolute atomic E-state index is 0. The molecule has 0 aromatic carbocycles. The summed E-state index contributed by atoms with van der Waals surface area (Å²) < 4.78 is 1.20. The molecule has 0 radical (unpaired) electrons. The topological polar surface area (TPSA) is 24.9 Å². The summed E-state index contributed by atoms with van der Waals surface area (Å²) >= 11 is 2.31. The molecule has 1 aliphatic rings. The van der Waals surface area contributed by atoms with Gasteiger partial charge >= 0.3 is 0 Å². The van der Waals surface area contributed by atoms with Crippen LogP contribution in [0.25, 0.3) is 0 Å². The largest absolute Gasteiger partial charge is 0.369 e. The van der Waals surface area contributed by atoms with Crippen LogP contribution in [0.2, 0.25) is 0 Å². The number of anilines is 1. The van der Waals surface area contributed by atoms with Gasteiger partial charge < -0.3 is 5.32 Å². The molecule has 1 aromatic heterocycles. The molecule has 2 rings (SSSR count). The van der Waals surface area contributed by atoms with Crippen LogP contribution in [-0.4, -0.2) is 11.5 Å². The number of hydrogen-bond donors (Lipinski definition) is 1. The van der Waals surface area contributed by atoms with Gasteiger partial charge in [-0.05, 0) is 53.0 Å². The zero-order valence-corrected chi connectivity index (χ0v) is 11.1. The molecule has 78 valence electrons. The Bertz CT molecular complexity index is 313. The highest BCUT2D eigenvalue weighted by molar-refractivity contribution is 14.1. The van der Waals surface area contributed by atoms with Gasteiger partial charge in [0.15, 0.2) is 0 Å². The van der Waals surface area contributed by atoms with E-state index in [1.54, 1.807) is 0 Å². The Morgan fingerprint density at radius 1 is 1.57 bits per heavy atom. The monoisotopic (exact) mass is 324 g/mol. The quantitative estimate of drug-likeness (QED) is 0.863. The molecule has 0 amide bonds. The van der Waals surface area contributed by atoms with E-state index in [0.29, 0.717) is 5.41 Å². The highest BCUT2D eigenvalue weighted by Gasteiger charge is 2.36. The summed E-state index contributed by atoms with van der Waals surface area (Å²) in [5.41, 5.74) is 0.542. The molecule has 1 saturated carbocycles. The van der Waals surface area contributed by atoms with E-state index in [0.717, 1.165) is 12.4 Å². The lowest BCUT2D eigenvalue weighted by Crippen LogP contribution is -2.13. The molecule has 0 aliphatic heterocycles. The number of nitrogens with one attached hydrogen (secondary N) is 1. The first-order valence-electron chi connectivity index (χ1n) is 4.54. The van der Waals surface area contributed by atoms with Crippen molar-refractivity contribution in [3.05, 3.63) is 21.9 Å². The van der Waals surface area contributed by atoms with Gasteiger partial charge in [0.1, 0.15) is 5.82 Å². The van der Waals surface area contributed by atoms with E-state index in [-0.39, 0.29) is 12.4 Å². The Kier molecular flexibility index (Phi) is 4.01. The Morgan fingerprint density at radius 3 is 2.86 bits per heavy atom. The zero-order valence-electron chi connectivity index (χ0n) is 8.09. The van der Waals surface area contributed by atoms with E-state index < -0.39 is 0 Å². The van der Waals surface area contributed by atoms with Crippen molar-refractivity contribution < 1.29 is 0 Å². The summed E-state index contributed by atoms with van der Waals surface area (Å²) in [6.45, 7) is 3.37. The molecule has 0 unspecified atom stereocenters. The summed E-state index contributed by atoms with van der Waals surface area (Å²) in [7, 11) is 0. The minimum atomic E-state index is 0. The molecule has 14 heavy (non-hydrogen) atoms. The molecule has 0 atom stereocenters. The van der Waals surface area contributed by atoms with Gasteiger partial charge in [0.25, 0.3) is 0 Å². The number of pyridine rings is 1. The van der Waals surface area contributed by atoms with Crippen LogP contribution in [-0.2, 0) is 0 Å². The fraction of sp³-hybridized carbons (Fsp3) is 0.500. The first-order chi connectivity index (χ1) is 6.20. The smallest absolute Gasteiger partial charge is 0.139 e. The van der Waals surface area contributed by atoms with Gasteiger partial charge in [0.2, 0.25) is 0 Å². The molecule has 0 saturated heterocycles. The summed E-state index contributed by atoms with van der Waals surface area (Å²) in [5, 5.41) is 3.40. The van der Waals surface area contributed by atoms with Crippen LogP contribution in [0.3, 0.4) is 0 Å². The van der Waals surface area contributed by atoms with Crippen LogP contribution in [0.1, 0.15) is 19.8 Å². The average molecular weight is 325 g/mol. The molecule has 1 aliphatic carbocycles. The molecule has 0 spiro atoms. The lowest BCUT2D eigenvalue weighted by atomic mass is 10.1. The summed E-state index contributed by atoms with van der Waals surface area (Å²) in [6, 6.07) is 4.04. The van der Waals surface area contributed by atoms with Crippen molar-refractivity contribution in [1.29, 1.82) is 0 Å². The van der Waals surface area contributed by atoms with Crippen molar-refractivity contribution in [3.63, 3.8) is 0 Å². The van der Waals surface area contributed by atoms with E-state index in [1.807, 2.05) is 12.3 Å². The number of hydrogen-bond acceptors (Lipinski definition) is 2. The molecular weight excluding hydrogens is 310 g/mol. The number of aromatic nitrogens is 1. The minimum Gasteiger partial charge on any atom is -0.369 e. The second kappa shape index (κ2) is 4.66. The molecule has 1 fully saturated rings. The van der Waals surface area contributed by atoms with Gasteiger partial charge in [-0.25, -0.2) is 4.98 Å². The van der Waals surface area contributed by atoms with Gasteiger partial charge in [-0.1, -0.05) is 6.92 Å². The fourth-order valence-corrected chi connectivity index (χ4v) is 1.74. The zero-order chi connectivity index (χ0) is 9.31.